The molecule has 2 aromatic rings. The van der Waals surface area contributed by atoms with Crippen LogP contribution in [0, 0.1) is 5.92 Å². The number of benzene rings is 2. The van der Waals surface area contributed by atoms with E-state index < -0.39 is 18.1 Å². The van der Waals surface area contributed by atoms with E-state index in [-0.39, 0.29) is 37.4 Å². The molecule has 1 aliphatic carbocycles. The lowest BCUT2D eigenvalue weighted by Gasteiger charge is -2.17. The minimum absolute atomic E-state index is 0.00134. The van der Waals surface area contributed by atoms with E-state index in [1.807, 2.05) is 31.2 Å². The SMILES string of the molecule is COC[C@H](NC(=O)CCC(C)CNC(=O)OCC1c2ccccc2-c2ccccc21)C(=O)O. The molecule has 33 heavy (non-hydrogen) atoms. The van der Waals surface area contributed by atoms with Gasteiger partial charge >= 0.3 is 12.1 Å². The number of rotatable bonds is 11. The predicted octanol–water partition coefficient (Wildman–Crippen LogP) is 3.16. The third-order valence-corrected chi connectivity index (χ3v) is 5.77. The quantitative estimate of drug-likeness (QED) is 0.481. The molecule has 176 valence electrons. The molecular weight excluding hydrogens is 424 g/mol. The number of alkyl carbamates (subject to hydrolysis) is 1. The molecule has 8 heteroatoms. The number of methoxy groups -OCH3 is 1. The van der Waals surface area contributed by atoms with Crippen LogP contribution in [0.2, 0.25) is 0 Å². The van der Waals surface area contributed by atoms with E-state index in [9.17, 15) is 14.4 Å². The van der Waals surface area contributed by atoms with E-state index in [0.29, 0.717) is 13.0 Å². The van der Waals surface area contributed by atoms with Crippen LogP contribution >= 0.6 is 0 Å². The van der Waals surface area contributed by atoms with Gasteiger partial charge in [-0.1, -0.05) is 55.5 Å². The first kappa shape index (κ1) is 24.3. The zero-order valence-electron chi connectivity index (χ0n) is 18.9. The number of aliphatic carboxylic acids is 1. The smallest absolute Gasteiger partial charge is 0.407 e. The van der Waals surface area contributed by atoms with Gasteiger partial charge in [0.15, 0.2) is 6.04 Å². The minimum Gasteiger partial charge on any atom is -0.480 e. The number of carbonyl (C=O) groups is 3. The van der Waals surface area contributed by atoms with Crippen LogP contribution in [0.3, 0.4) is 0 Å². The Morgan fingerprint density at radius 1 is 1.03 bits per heavy atom. The number of carbonyl (C=O) groups excluding carboxylic acids is 2. The molecule has 1 aliphatic rings. The van der Waals surface area contributed by atoms with Gasteiger partial charge in [0.05, 0.1) is 6.61 Å². The average Bonchev–Trinajstić information content (AvgIpc) is 3.13. The van der Waals surface area contributed by atoms with E-state index in [1.54, 1.807) is 0 Å². The average molecular weight is 455 g/mol. The van der Waals surface area contributed by atoms with Crippen molar-refractivity contribution in [3.63, 3.8) is 0 Å². The van der Waals surface area contributed by atoms with E-state index in [0.717, 1.165) is 11.1 Å². The number of nitrogens with one attached hydrogen (secondary N) is 2. The van der Waals surface area contributed by atoms with Gasteiger partial charge in [0.1, 0.15) is 6.61 Å². The summed E-state index contributed by atoms with van der Waals surface area (Å²) in [5, 5.41) is 14.2. The Balaban J connectivity index is 1.42. The molecule has 3 N–H and O–H groups in total. The van der Waals surface area contributed by atoms with E-state index >= 15 is 0 Å². The van der Waals surface area contributed by atoms with Gasteiger partial charge in [0, 0.05) is 26.0 Å². The van der Waals surface area contributed by atoms with Gasteiger partial charge in [0.2, 0.25) is 5.91 Å². The van der Waals surface area contributed by atoms with Crippen LogP contribution in [0.4, 0.5) is 4.79 Å². The van der Waals surface area contributed by atoms with Crippen molar-refractivity contribution in [3.05, 3.63) is 59.7 Å². The molecule has 8 nitrogen and oxygen atoms in total. The lowest BCUT2D eigenvalue weighted by atomic mass is 9.98. The van der Waals surface area contributed by atoms with Crippen molar-refractivity contribution in [1.29, 1.82) is 0 Å². The summed E-state index contributed by atoms with van der Waals surface area (Å²) < 4.78 is 10.3. The van der Waals surface area contributed by atoms with Crippen molar-refractivity contribution in [2.24, 2.45) is 5.92 Å². The second-order valence-corrected chi connectivity index (χ2v) is 8.26. The largest absolute Gasteiger partial charge is 0.480 e. The molecule has 0 saturated carbocycles. The molecule has 1 unspecified atom stereocenters. The van der Waals surface area contributed by atoms with Crippen molar-refractivity contribution in [2.45, 2.75) is 31.7 Å². The Labute approximate surface area is 193 Å². The fourth-order valence-electron chi connectivity index (χ4n) is 3.99. The number of carboxylic acids is 1. The number of hydrogen-bond acceptors (Lipinski definition) is 5. The molecule has 2 aromatic carbocycles. The molecule has 3 rings (SSSR count). The molecule has 2 atom stereocenters. The summed E-state index contributed by atoms with van der Waals surface area (Å²) in [5.74, 6) is -1.50. The monoisotopic (exact) mass is 454 g/mol. The van der Waals surface area contributed by atoms with Crippen LogP contribution in [-0.4, -0.2) is 56.0 Å². The van der Waals surface area contributed by atoms with Gasteiger partial charge in [0.25, 0.3) is 0 Å². The van der Waals surface area contributed by atoms with Crippen LogP contribution in [-0.2, 0) is 19.1 Å². The summed E-state index contributed by atoms with van der Waals surface area (Å²) in [6.07, 6.45) is 0.148. The predicted molar refractivity (Wildman–Crippen MR) is 123 cm³/mol. The summed E-state index contributed by atoms with van der Waals surface area (Å²) >= 11 is 0. The molecular formula is C25H30N2O6. The third-order valence-electron chi connectivity index (χ3n) is 5.77. The van der Waals surface area contributed by atoms with Crippen molar-refractivity contribution in [2.75, 3.05) is 26.9 Å². The van der Waals surface area contributed by atoms with Crippen molar-refractivity contribution >= 4 is 18.0 Å². The normalized spacial score (nSPS) is 14.0. The Morgan fingerprint density at radius 2 is 1.64 bits per heavy atom. The van der Waals surface area contributed by atoms with E-state index in [2.05, 4.69) is 34.9 Å². The molecule has 0 spiro atoms. The van der Waals surface area contributed by atoms with Crippen LogP contribution in [0.5, 0.6) is 0 Å². The second-order valence-electron chi connectivity index (χ2n) is 8.26. The maximum absolute atomic E-state index is 12.3. The second kappa shape index (κ2) is 11.5. The summed E-state index contributed by atoms with van der Waals surface area (Å²) in [7, 11) is 1.37. The van der Waals surface area contributed by atoms with Crippen molar-refractivity contribution in [3.8, 4) is 11.1 Å². The first-order valence-electron chi connectivity index (χ1n) is 11.0. The Hall–Kier alpha value is -3.39. The highest BCUT2D eigenvalue weighted by atomic mass is 16.5. The highest BCUT2D eigenvalue weighted by molar-refractivity contribution is 5.83. The topological polar surface area (TPSA) is 114 Å². The summed E-state index contributed by atoms with van der Waals surface area (Å²) in [5.41, 5.74) is 4.65. The van der Waals surface area contributed by atoms with Crippen molar-refractivity contribution < 1.29 is 29.0 Å². The Kier molecular flexibility index (Phi) is 8.43. The Bertz CT molecular complexity index is 947. The lowest BCUT2D eigenvalue weighted by Crippen LogP contribution is -2.43. The molecule has 0 heterocycles. The molecule has 0 radical (unpaired) electrons. The van der Waals surface area contributed by atoms with Crippen LogP contribution in [0.1, 0.15) is 36.8 Å². The van der Waals surface area contributed by atoms with Gasteiger partial charge < -0.3 is 25.2 Å². The first-order chi connectivity index (χ1) is 15.9. The minimum atomic E-state index is -1.14. The number of fused-ring (bicyclic) bond motifs is 3. The van der Waals surface area contributed by atoms with Gasteiger partial charge in [-0.25, -0.2) is 9.59 Å². The molecule has 0 aliphatic heterocycles. The number of hydrogen-bond donors (Lipinski definition) is 3. The molecule has 0 aromatic heterocycles. The van der Waals surface area contributed by atoms with Crippen LogP contribution in [0.25, 0.3) is 11.1 Å². The van der Waals surface area contributed by atoms with Gasteiger partial charge in [-0.3, -0.25) is 4.79 Å². The summed E-state index contributed by atoms with van der Waals surface area (Å²) in [6, 6.07) is 15.2. The van der Waals surface area contributed by atoms with Gasteiger partial charge in [-0.05, 0) is 34.6 Å². The summed E-state index contributed by atoms with van der Waals surface area (Å²) in [6.45, 7) is 2.40. The third kappa shape index (κ3) is 6.32. The van der Waals surface area contributed by atoms with E-state index in [1.165, 1.54) is 18.2 Å². The highest BCUT2D eigenvalue weighted by Crippen LogP contribution is 2.44. The van der Waals surface area contributed by atoms with E-state index in [4.69, 9.17) is 14.6 Å². The zero-order valence-corrected chi connectivity index (χ0v) is 18.9. The van der Waals surface area contributed by atoms with Gasteiger partial charge in [-0.2, -0.15) is 0 Å². The fourth-order valence-corrected chi connectivity index (χ4v) is 3.99. The maximum Gasteiger partial charge on any atom is 0.407 e. The lowest BCUT2D eigenvalue weighted by molar-refractivity contribution is -0.143. The van der Waals surface area contributed by atoms with Crippen molar-refractivity contribution in [1.82, 2.24) is 10.6 Å². The van der Waals surface area contributed by atoms with Crippen LogP contribution < -0.4 is 10.6 Å². The van der Waals surface area contributed by atoms with Crippen LogP contribution in [0.15, 0.2) is 48.5 Å². The highest BCUT2D eigenvalue weighted by Gasteiger charge is 2.29. The fraction of sp³-hybridized carbons (Fsp3) is 0.400. The number of amides is 2. The molecule has 2 amide bonds. The Morgan fingerprint density at radius 3 is 2.21 bits per heavy atom. The number of carboxylic acid groups (broad SMARTS) is 1. The van der Waals surface area contributed by atoms with Gasteiger partial charge in [-0.15, -0.1) is 0 Å². The number of ether oxygens (including phenoxy) is 2. The molecule has 0 fully saturated rings. The standard InChI is InChI=1S/C25H30N2O6/c1-16(11-12-23(28)27-22(15-32-2)24(29)30)13-26-25(31)33-14-21-19-9-5-3-7-17(19)18-8-4-6-10-20(18)21/h3-10,16,21-22H,11-15H2,1-2H3,(H,26,31)(H,27,28)(H,29,30)/t16?,22-/m0/s1. The molecule has 0 bridgehead atoms. The molecule has 0 saturated heterocycles. The maximum atomic E-state index is 12.3. The first-order valence-corrected chi connectivity index (χ1v) is 11.0. The summed E-state index contributed by atoms with van der Waals surface area (Å²) in [4.78, 5) is 35.3. The zero-order chi connectivity index (χ0) is 23.8.